The van der Waals surface area contributed by atoms with Crippen LogP contribution < -0.4 is 5.32 Å². The summed E-state index contributed by atoms with van der Waals surface area (Å²) in [5.41, 5.74) is 0.330. The predicted octanol–water partition coefficient (Wildman–Crippen LogP) is 2.94. The highest BCUT2D eigenvalue weighted by Gasteiger charge is 2.27. The number of benzene rings is 1. The van der Waals surface area contributed by atoms with Gasteiger partial charge in [0, 0.05) is 11.6 Å². The maximum absolute atomic E-state index is 13.1. The molecule has 0 aromatic heterocycles. The molecule has 6 heteroatoms. The molecule has 21 heavy (non-hydrogen) atoms. The van der Waals surface area contributed by atoms with Crippen LogP contribution in [0.5, 0.6) is 0 Å². The molecule has 0 spiro atoms. The Bertz CT molecular complexity index is 542. The number of esters is 1. The van der Waals surface area contributed by atoms with Crippen LogP contribution in [-0.4, -0.2) is 25.0 Å². The summed E-state index contributed by atoms with van der Waals surface area (Å²) >= 11 is 5.66. The van der Waals surface area contributed by atoms with Crippen LogP contribution in [0.2, 0.25) is 5.02 Å². The lowest BCUT2D eigenvalue weighted by Gasteiger charge is -2.27. The first-order chi connectivity index (χ1) is 10.0. The molecule has 1 aliphatic carbocycles. The third kappa shape index (κ3) is 3.94. The van der Waals surface area contributed by atoms with E-state index < -0.39 is 5.82 Å². The summed E-state index contributed by atoms with van der Waals surface area (Å²) in [6.07, 6.45) is 2.84. The number of amides is 1. The van der Waals surface area contributed by atoms with Gasteiger partial charge in [0.15, 0.2) is 0 Å². The van der Waals surface area contributed by atoms with Gasteiger partial charge >= 0.3 is 5.97 Å². The molecule has 1 aromatic carbocycles. The molecule has 1 saturated carbocycles. The smallest absolute Gasteiger partial charge is 0.308 e. The summed E-state index contributed by atoms with van der Waals surface area (Å²) in [6.45, 7) is 0. The van der Waals surface area contributed by atoms with Gasteiger partial charge in [0.2, 0.25) is 0 Å². The van der Waals surface area contributed by atoms with Crippen LogP contribution in [0.15, 0.2) is 18.2 Å². The quantitative estimate of drug-likeness (QED) is 0.873. The number of hydrogen-bond acceptors (Lipinski definition) is 3. The van der Waals surface area contributed by atoms with Crippen molar-refractivity contribution in [2.75, 3.05) is 7.11 Å². The van der Waals surface area contributed by atoms with E-state index in [1.807, 2.05) is 0 Å². The minimum Gasteiger partial charge on any atom is -0.469 e. The number of carbonyl (C=O) groups excluding carboxylic acids is 2. The summed E-state index contributed by atoms with van der Waals surface area (Å²) < 4.78 is 17.8. The Labute approximate surface area is 127 Å². The van der Waals surface area contributed by atoms with E-state index in [1.54, 1.807) is 0 Å². The molecule has 114 valence electrons. The van der Waals surface area contributed by atoms with Crippen LogP contribution in [0, 0.1) is 11.7 Å². The first kappa shape index (κ1) is 15.8. The Hall–Kier alpha value is -1.62. The number of methoxy groups -OCH3 is 1. The van der Waals surface area contributed by atoms with E-state index in [4.69, 9.17) is 16.3 Å². The Kier molecular flexibility index (Phi) is 5.17. The van der Waals surface area contributed by atoms with E-state index >= 15 is 0 Å². The fourth-order valence-corrected chi connectivity index (χ4v) is 2.73. The normalized spacial score (nSPS) is 21.7. The lowest BCUT2D eigenvalue weighted by molar-refractivity contribution is -0.146. The average molecular weight is 314 g/mol. The third-order valence-electron chi connectivity index (χ3n) is 3.78. The number of halogens is 2. The van der Waals surface area contributed by atoms with Crippen molar-refractivity contribution < 1.29 is 18.7 Å². The molecule has 0 bridgehead atoms. The highest BCUT2D eigenvalue weighted by molar-refractivity contribution is 6.31. The molecule has 4 nitrogen and oxygen atoms in total. The maximum Gasteiger partial charge on any atom is 0.308 e. The number of rotatable bonds is 3. The van der Waals surface area contributed by atoms with Crippen molar-refractivity contribution in [3.05, 3.63) is 34.6 Å². The fourth-order valence-electron chi connectivity index (χ4n) is 2.55. The number of nitrogens with one attached hydrogen (secondary N) is 1. The second-order valence-electron chi connectivity index (χ2n) is 5.17. The molecule has 0 atom stereocenters. The second kappa shape index (κ2) is 6.89. The molecule has 0 saturated heterocycles. The van der Waals surface area contributed by atoms with Gasteiger partial charge in [-0.05, 0) is 43.9 Å². The van der Waals surface area contributed by atoms with Crippen LogP contribution in [0.1, 0.15) is 36.0 Å². The van der Waals surface area contributed by atoms with Gasteiger partial charge < -0.3 is 10.1 Å². The van der Waals surface area contributed by atoms with E-state index in [0.717, 1.165) is 12.8 Å². The van der Waals surface area contributed by atoms with Crippen LogP contribution in [-0.2, 0) is 9.53 Å². The van der Waals surface area contributed by atoms with Gasteiger partial charge in [-0.1, -0.05) is 11.6 Å². The Balaban J connectivity index is 1.89. The van der Waals surface area contributed by atoms with Crippen LogP contribution in [0.25, 0.3) is 0 Å². The molecule has 1 amide bonds. The van der Waals surface area contributed by atoms with E-state index in [-0.39, 0.29) is 28.9 Å². The Morgan fingerprint density at radius 1 is 1.29 bits per heavy atom. The molecule has 0 unspecified atom stereocenters. The van der Waals surface area contributed by atoms with E-state index in [0.29, 0.717) is 18.4 Å². The molecule has 0 radical (unpaired) electrons. The zero-order valence-corrected chi connectivity index (χ0v) is 12.5. The molecule has 1 aromatic rings. The van der Waals surface area contributed by atoms with E-state index in [9.17, 15) is 14.0 Å². The number of ether oxygens (including phenoxy) is 1. The summed E-state index contributed by atoms with van der Waals surface area (Å²) in [5, 5.41) is 2.82. The van der Waals surface area contributed by atoms with Crippen molar-refractivity contribution in [2.45, 2.75) is 31.7 Å². The highest BCUT2D eigenvalue weighted by atomic mass is 35.5. The predicted molar refractivity (Wildman–Crippen MR) is 76.6 cm³/mol. The average Bonchev–Trinajstić information content (AvgIpc) is 2.50. The molecule has 2 rings (SSSR count). The number of carbonyl (C=O) groups is 2. The zero-order chi connectivity index (χ0) is 15.4. The highest BCUT2D eigenvalue weighted by Crippen LogP contribution is 2.25. The fraction of sp³-hybridized carbons (Fsp3) is 0.467. The molecule has 1 N–H and O–H groups in total. The minimum atomic E-state index is -0.549. The van der Waals surface area contributed by atoms with Gasteiger partial charge in [-0.3, -0.25) is 9.59 Å². The van der Waals surface area contributed by atoms with Crippen LogP contribution in [0.4, 0.5) is 4.39 Å². The topological polar surface area (TPSA) is 55.4 Å². The van der Waals surface area contributed by atoms with Crippen LogP contribution in [0.3, 0.4) is 0 Å². The summed E-state index contributed by atoms with van der Waals surface area (Å²) in [5.74, 6) is -1.10. The summed E-state index contributed by atoms with van der Waals surface area (Å²) in [6, 6.07) is 3.90. The zero-order valence-electron chi connectivity index (χ0n) is 11.7. The van der Waals surface area contributed by atoms with Gasteiger partial charge in [-0.2, -0.15) is 0 Å². The standard InChI is InChI=1S/C15H17ClFNO3/c1-21-15(20)9-2-5-11(6-3-9)18-14(19)10-4-7-13(17)12(16)8-10/h4,7-9,11H,2-3,5-6H2,1H3,(H,18,19). The van der Waals surface area contributed by atoms with Crippen molar-refractivity contribution in [3.8, 4) is 0 Å². The molecule has 0 heterocycles. The Morgan fingerprint density at radius 2 is 1.95 bits per heavy atom. The third-order valence-corrected chi connectivity index (χ3v) is 4.07. The van der Waals surface area contributed by atoms with E-state index in [2.05, 4.69) is 5.32 Å². The molecule has 0 aliphatic heterocycles. The minimum absolute atomic E-state index is 0.0160. The second-order valence-corrected chi connectivity index (χ2v) is 5.58. The van der Waals surface area contributed by atoms with Crippen molar-refractivity contribution in [2.24, 2.45) is 5.92 Å². The molecular formula is C15H17ClFNO3. The van der Waals surface area contributed by atoms with Gasteiger partial charge in [0.1, 0.15) is 5.82 Å². The van der Waals surface area contributed by atoms with Gasteiger partial charge in [-0.15, -0.1) is 0 Å². The maximum atomic E-state index is 13.1. The first-order valence-electron chi connectivity index (χ1n) is 6.85. The van der Waals surface area contributed by atoms with E-state index in [1.165, 1.54) is 25.3 Å². The first-order valence-corrected chi connectivity index (χ1v) is 7.22. The van der Waals surface area contributed by atoms with Crippen LogP contribution >= 0.6 is 11.6 Å². The Morgan fingerprint density at radius 3 is 2.52 bits per heavy atom. The summed E-state index contributed by atoms with van der Waals surface area (Å²) in [4.78, 5) is 23.5. The van der Waals surface area contributed by atoms with Crippen molar-refractivity contribution in [3.63, 3.8) is 0 Å². The lowest BCUT2D eigenvalue weighted by atomic mass is 9.86. The SMILES string of the molecule is COC(=O)C1CCC(NC(=O)c2ccc(F)c(Cl)c2)CC1. The number of hydrogen-bond donors (Lipinski definition) is 1. The molecular weight excluding hydrogens is 297 g/mol. The van der Waals surface area contributed by atoms with Crippen molar-refractivity contribution in [1.29, 1.82) is 0 Å². The van der Waals surface area contributed by atoms with Crippen molar-refractivity contribution >= 4 is 23.5 Å². The summed E-state index contributed by atoms with van der Waals surface area (Å²) in [7, 11) is 1.38. The monoisotopic (exact) mass is 313 g/mol. The van der Waals surface area contributed by atoms with Gasteiger partial charge in [0.25, 0.3) is 5.91 Å². The lowest BCUT2D eigenvalue weighted by Crippen LogP contribution is -2.38. The molecule has 1 aliphatic rings. The van der Waals surface area contributed by atoms with Gasteiger partial charge in [0.05, 0.1) is 18.1 Å². The van der Waals surface area contributed by atoms with Gasteiger partial charge in [-0.25, -0.2) is 4.39 Å². The largest absolute Gasteiger partial charge is 0.469 e. The van der Waals surface area contributed by atoms with Crippen molar-refractivity contribution in [1.82, 2.24) is 5.32 Å². The molecule has 1 fully saturated rings.